The highest BCUT2D eigenvalue weighted by molar-refractivity contribution is 7.13. The Morgan fingerprint density at radius 2 is 2.06 bits per heavy atom. The fourth-order valence-corrected chi connectivity index (χ4v) is 2.42. The van der Waals surface area contributed by atoms with Crippen LogP contribution in [0.15, 0.2) is 30.3 Å². The van der Waals surface area contributed by atoms with E-state index in [2.05, 4.69) is 0 Å². The molecule has 94 valence electrons. The molecule has 0 aliphatic heterocycles. The average Bonchev–Trinajstić information content (AvgIpc) is 2.80. The van der Waals surface area contributed by atoms with Crippen LogP contribution in [0.1, 0.15) is 14.5 Å². The average molecular weight is 303 g/mol. The van der Waals surface area contributed by atoms with E-state index in [1.54, 1.807) is 30.3 Å². The highest BCUT2D eigenvalue weighted by Crippen LogP contribution is 2.32. The molecule has 0 radical (unpaired) electrons. The van der Waals surface area contributed by atoms with E-state index < -0.39 is 5.97 Å². The molecule has 0 saturated heterocycles. The van der Waals surface area contributed by atoms with Gasteiger partial charge >= 0.3 is 5.97 Å². The first-order valence-electron chi connectivity index (χ1n) is 4.96. The summed E-state index contributed by atoms with van der Waals surface area (Å²) in [5.41, 5.74) is 0. The number of hydrogen-bond donors (Lipinski definition) is 1. The van der Waals surface area contributed by atoms with Crippen LogP contribution in [0, 0.1) is 0 Å². The summed E-state index contributed by atoms with van der Waals surface area (Å²) in [7, 11) is 0. The number of rotatable bonds is 4. The number of thiophene rings is 1. The molecule has 0 atom stereocenters. The molecule has 18 heavy (non-hydrogen) atoms. The minimum absolute atomic E-state index is 0.262. The Balaban J connectivity index is 2.07. The van der Waals surface area contributed by atoms with Gasteiger partial charge in [-0.2, -0.15) is 0 Å². The standard InChI is InChI=1S/C12H8Cl2O3S/c13-8-2-1-3-9(11(8)14)17-6-7-4-5-10(18-7)12(15)16/h1-5H,6H2,(H,15,16). The predicted molar refractivity (Wildman–Crippen MR) is 72.1 cm³/mol. The zero-order chi connectivity index (χ0) is 13.1. The van der Waals surface area contributed by atoms with Crippen molar-refractivity contribution in [3.8, 4) is 5.75 Å². The van der Waals surface area contributed by atoms with Crippen LogP contribution in [-0.4, -0.2) is 11.1 Å². The van der Waals surface area contributed by atoms with Gasteiger partial charge in [0.1, 0.15) is 22.3 Å². The third-order valence-corrected chi connectivity index (χ3v) is 4.01. The van der Waals surface area contributed by atoms with Crippen molar-refractivity contribution in [2.45, 2.75) is 6.61 Å². The molecule has 0 fully saturated rings. The molecule has 0 saturated carbocycles. The molecule has 0 bridgehead atoms. The number of ether oxygens (including phenoxy) is 1. The smallest absolute Gasteiger partial charge is 0.345 e. The predicted octanol–water partition coefficient (Wildman–Crippen LogP) is 4.33. The summed E-state index contributed by atoms with van der Waals surface area (Å²) in [5, 5.41) is 9.57. The first-order chi connectivity index (χ1) is 8.58. The lowest BCUT2D eigenvalue weighted by atomic mass is 10.3. The van der Waals surface area contributed by atoms with Gasteiger partial charge in [0.05, 0.1) is 5.02 Å². The Kier molecular flexibility index (Phi) is 4.11. The molecular weight excluding hydrogens is 295 g/mol. The number of hydrogen-bond acceptors (Lipinski definition) is 3. The molecule has 0 spiro atoms. The second-order valence-corrected chi connectivity index (χ2v) is 5.37. The van der Waals surface area contributed by atoms with Crippen LogP contribution in [0.3, 0.4) is 0 Å². The summed E-state index contributed by atoms with van der Waals surface area (Å²) >= 11 is 13.0. The topological polar surface area (TPSA) is 46.5 Å². The highest BCUT2D eigenvalue weighted by atomic mass is 35.5. The molecule has 0 aliphatic carbocycles. The van der Waals surface area contributed by atoms with Crippen molar-refractivity contribution in [1.82, 2.24) is 0 Å². The van der Waals surface area contributed by atoms with E-state index in [4.69, 9.17) is 33.0 Å². The minimum atomic E-state index is -0.938. The van der Waals surface area contributed by atoms with Gasteiger partial charge in [0.15, 0.2) is 0 Å². The van der Waals surface area contributed by atoms with Crippen molar-refractivity contribution in [3.05, 3.63) is 50.1 Å². The van der Waals surface area contributed by atoms with Crippen molar-refractivity contribution in [2.24, 2.45) is 0 Å². The second-order valence-electron chi connectivity index (χ2n) is 3.41. The van der Waals surface area contributed by atoms with Crippen LogP contribution in [0.4, 0.5) is 0 Å². The van der Waals surface area contributed by atoms with Gasteiger partial charge in [-0.15, -0.1) is 11.3 Å². The Morgan fingerprint density at radius 3 is 2.72 bits per heavy atom. The maximum Gasteiger partial charge on any atom is 0.345 e. The zero-order valence-electron chi connectivity index (χ0n) is 9.02. The molecule has 0 unspecified atom stereocenters. The van der Waals surface area contributed by atoms with E-state index in [0.717, 1.165) is 4.88 Å². The van der Waals surface area contributed by atoms with E-state index in [9.17, 15) is 4.79 Å². The number of carboxylic acids is 1. The third kappa shape index (κ3) is 2.96. The van der Waals surface area contributed by atoms with E-state index in [1.165, 1.54) is 11.3 Å². The van der Waals surface area contributed by atoms with E-state index in [-0.39, 0.29) is 11.5 Å². The Bertz CT molecular complexity index is 580. The van der Waals surface area contributed by atoms with Crippen molar-refractivity contribution in [3.63, 3.8) is 0 Å². The monoisotopic (exact) mass is 302 g/mol. The number of halogens is 2. The molecule has 0 aliphatic rings. The van der Waals surface area contributed by atoms with Gasteiger partial charge in [-0.3, -0.25) is 0 Å². The van der Waals surface area contributed by atoms with Gasteiger partial charge in [0, 0.05) is 4.88 Å². The molecule has 2 aromatic rings. The molecule has 6 heteroatoms. The SMILES string of the molecule is O=C(O)c1ccc(COc2cccc(Cl)c2Cl)s1. The van der Waals surface area contributed by atoms with Crippen molar-refractivity contribution < 1.29 is 14.6 Å². The first kappa shape index (κ1) is 13.2. The lowest BCUT2D eigenvalue weighted by molar-refractivity contribution is 0.0702. The van der Waals surface area contributed by atoms with Crippen molar-refractivity contribution >= 4 is 40.5 Å². The van der Waals surface area contributed by atoms with Gasteiger partial charge in [0.2, 0.25) is 0 Å². The largest absolute Gasteiger partial charge is 0.486 e. The van der Waals surface area contributed by atoms with Crippen LogP contribution >= 0.6 is 34.5 Å². The van der Waals surface area contributed by atoms with Crippen LogP contribution < -0.4 is 4.74 Å². The Hall–Kier alpha value is -1.23. The summed E-state index contributed by atoms with van der Waals surface area (Å²) in [4.78, 5) is 11.8. The minimum Gasteiger partial charge on any atom is -0.486 e. The van der Waals surface area contributed by atoms with Gasteiger partial charge in [-0.1, -0.05) is 29.3 Å². The number of aromatic carboxylic acids is 1. The Labute approximate surface area is 118 Å². The second kappa shape index (κ2) is 5.61. The van der Waals surface area contributed by atoms with Gasteiger partial charge in [0.25, 0.3) is 0 Å². The fraction of sp³-hybridized carbons (Fsp3) is 0.0833. The Morgan fingerprint density at radius 1 is 1.28 bits per heavy atom. The lowest BCUT2D eigenvalue weighted by Gasteiger charge is -2.07. The van der Waals surface area contributed by atoms with E-state index in [1.807, 2.05) is 0 Å². The summed E-state index contributed by atoms with van der Waals surface area (Å²) in [5.74, 6) is -0.457. The summed E-state index contributed by atoms with van der Waals surface area (Å²) < 4.78 is 5.50. The zero-order valence-corrected chi connectivity index (χ0v) is 11.4. The maximum atomic E-state index is 10.7. The first-order valence-corrected chi connectivity index (χ1v) is 6.54. The van der Waals surface area contributed by atoms with Gasteiger partial charge < -0.3 is 9.84 Å². The summed E-state index contributed by atoms with van der Waals surface area (Å²) in [6.07, 6.45) is 0. The summed E-state index contributed by atoms with van der Waals surface area (Å²) in [6, 6.07) is 8.38. The third-order valence-electron chi connectivity index (χ3n) is 2.16. The number of benzene rings is 1. The number of carbonyl (C=O) groups is 1. The molecule has 0 amide bonds. The van der Waals surface area contributed by atoms with E-state index >= 15 is 0 Å². The van der Waals surface area contributed by atoms with Crippen LogP contribution in [0.25, 0.3) is 0 Å². The molecular formula is C12H8Cl2O3S. The maximum absolute atomic E-state index is 10.7. The highest BCUT2D eigenvalue weighted by Gasteiger charge is 2.09. The molecule has 1 aromatic carbocycles. The molecule has 1 N–H and O–H groups in total. The van der Waals surface area contributed by atoms with Crippen molar-refractivity contribution in [1.29, 1.82) is 0 Å². The van der Waals surface area contributed by atoms with Crippen LogP contribution in [0.2, 0.25) is 10.0 Å². The lowest BCUT2D eigenvalue weighted by Crippen LogP contribution is -1.94. The molecule has 1 heterocycles. The molecule has 3 nitrogen and oxygen atoms in total. The quantitative estimate of drug-likeness (QED) is 0.914. The van der Waals surface area contributed by atoms with Gasteiger partial charge in [-0.05, 0) is 24.3 Å². The molecule has 1 aromatic heterocycles. The summed E-state index contributed by atoms with van der Waals surface area (Å²) in [6.45, 7) is 0.262. The van der Waals surface area contributed by atoms with Crippen LogP contribution in [-0.2, 0) is 6.61 Å². The van der Waals surface area contributed by atoms with Gasteiger partial charge in [-0.25, -0.2) is 4.79 Å². The van der Waals surface area contributed by atoms with Crippen LogP contribution in [0.5, 0.6) is 5.75 Å². The van der Waals surface area contributed by atoms with E-state index in [0.29, 0.717) is 15.8 Å². The normalized spacial score (nSPS) is 10.3. The molecule has 2 rings (SSSR count). The number of carboxylic acid groups (broad SMARTS) is 1. The van der Waals surface area contributed by atoms with Crippen molar-refractivity contribution in [2.75, 3.05) is 0 Å². The fourth-order valence-electron chi connectivity index (χ4n) is 1.31.